The predicted octanol–water partition coefficient (Wildman–Crippen LogP) is 6.62. The number of ether oxygens (including phenoxy) is 2. The lowest BCUT2D eigenvalue weighted by molar-refractivity contribution is 0.0222. The number of carbonyl (C=O) groups is 1. The van der Waals surface area contributed by atoms with Gasteiger partial charge in [0.25, 0.3) is 0 Å². The van der Waals surface area contributed by atoms with E-state index in [0.717, 1.165) is 39.2 Å². The second kappa shape index (κ2) is 6.72. The van der Waals surface area contributed by atoms with Gasteiger partial charge in [-0.25, -0.2) is 4.79 Å². The summed E-state index contributed by atoms with van der Waals surface area (Å²) in [6.45, 7) is 4.10. The van der Waals surface area contributed by atoms with Crippen molar-refractivity contribution in [3.8, 4) is 11.5 Å². The smallest absolute Gasteiger partial charge is 0.340 e. The van der Waals surface area contributed by atoms with Crippen LogP contribution in [0.2, 0.25) is 0 Å². The van der Waals surface area contributed by atoms with Gasteiger partial charge < -0.3 is 14.8 Å². The van der Waals surface area contributed by atoms with Gasteiger partial charge in [0.2, 0.25) is 0 Å². The van der Waals surface area contributed by atoms with Gasteiger partial charge in [-0.3, -0.25) is 0 Å². The molecule has 0 aliphatic carbocycles. The van der Waals surface area contributed by atoms with E-state index in [1.165, 1.54) is 0 Å². The van der Waals surface area contributed by atoms with Gasteiger partial charge in [-0.1, -0.05) is 48.5 Å². The van der Waals surface area contributed by atoms with Crippen LogP contribution in [0.25, 0.3) is 0 Å². The van der Waals surface area contributed by atoms with Gasteiger partial charge in [0.15, 0.2) is 5.60 Å². The van der Waals surface area contributed by atoms with E-state index in [1.807, 2.05) is 85.8 Å². The summed E-state index contributed by atoms with van der Waals surface area (Å²) >= 11 is 0. The Balaban J connectivity index is 1.61. The molecule has 0 aromatic heterocycles. The van der Waals surface area contributed by atoms with E-state index >= 15 is 0 Å². The fourth-order valence-electron chi connectivity index (χ4n) is 4.87. The van der Waals surface area contributed by atoms with Crippen molar-refractivity contribution in [1.82, 2.24) is 0 Å². The lowest BCUT2D eigenvalue weighted by atomic mass is 9.76. The van der Waals surface area contributed by atoms with Gasteiger partial charge in [-0.2, -0.15) is 0 Å². The topological polar surface area (TPSA) is 47.6 Å². The molecule has 0 radical (unpaired) electrons. The minimum Gasteiger partial charge on any atom is -0.456 e. The first-order valence-corrected chi connectivity index (χ1v) is 10.7. The molecule has 6 rings (SSSR count). The van der Waals surface area contributed by atoms with Crippen LogP contribution >= 0.6 is 0 Å². The maximum absolute atomic E-state index is 13.0. The van der Waals surface area contributed by atoms with Crippen LogP contribution in [0.1, 0.15) is 38.2 Å². The van der Waals surface area contributed by atoms with E-state index < -0.39 is 5.60 Å². The summed E-state index contributed by atoms with van der Waals surface area (Å²) in [5, 5.41) is 3.51. The number of nitrogens with one attached hydrogen (secondary N) is 1. The van der Waals surface area contributed by atoms with E-state index in [2.05, 4.69) is 18.3 Å². The number of anilines is 2. The van der Waals surface area contributed by atoms with Crippen molar-refractivity contribution in [2.75, 3.05) is 5.32 Å². The first-order chi connectivity index (χ1) is 15.6. The van der Waals surface area contributed by atoms with Crippen LogP contribution in [-0.2, 0) is 10.3 Å². The first kappa shape index (κ1) is 18.7. The van der Waals surface area contributed by atoms with Crippen molar-refractivity contribution in [2.45, 2.75) is 19.4 Å². The van der Waals surface area contributed by atoms with Crippen LogP contribution in [0.4, 0.5) is 11.4 Å². The summed E-state index contributed by atoms with van der Waals surface area (Å²) in [6, 6.07) is 27.7. The molecule has 2 aliphatic rings. The zero-order valence-corrected chi connectivity index (χ0v) is 17.8. The third-order valence-electron chi connectivity index (χ3n) is 6.36. The number of rotatable bonds is 2. The second-order valence-electron chi connectivity index (χ2n) is 8.32. The number of fused-ring (bicyclic) bond motifs is 6. The van der Waals surface area contributed by atoms with Gasteiger partial charge in [0.1, 0.15) is 11.5 Å². The number of hydrogen-bond acceptors (Lipinski definition) is 4. The number of hydrogen-bond donors (Lipinski definition) is 1. The summed E-state index contributed by atoms with van der Waals surface area (Å²) < 4.78 is 12.6. The Morgan fingerprint density at radius 2 is 1.53 bits per heavy atom. The van der Waals surface area contributed by atoms with Crippen molar-refractivity contribution in [1.29, 1.82) is 0 Å². The Bertz CT molecular complexity index is 1410. The minimum atomic E-state index is -1.05. The molecule has 1 unspecified atom stereocenters. The molecule has 1 N–H and O–H groups in total. The van der Waals surface area contributed by atoms with Crippen LogP contribution < -0.4 is 10.1 Å². The van der Waals surface area contributed by atoms with Crippen LogP contribution in [0, 0.1) is 13.8 Å². The summed E-state index contributed by atoms with van der Waals surface area (Å²) in [7, 11) is 0. The molecular weight excluding hydrogens is 398 g/mol. The predicted molar refractivity (Wildman–Crippen MR) is 124 cm³/mol. The van der Waals surface area contributed by atoms with E-state index in [9.17, 15) is 4.79 Å². The molecular formula is C28H21NO3. The molecule has 4 nitrogen and oxygen atoms in total. The lowest BCUT2D eigenvalue weighted by Gasteiger charge is -2.37. The summed E-state index contributed by atoms with van der Waals surface area (Å²) in [5.41, 5.74) is 6.16. The minimum absolute atomic E-state index is 0.320. The largest absolute Gasteiger partial charge is 0.456 e. The highest BCUT2D eigenvalue weighted by Crippen LogP contribution is 2.57. The normalized spacial score (nSPS) is 17.8. The second-order valence-corrected chi connectivity index (χ2v) is 8.32. The Morgan fingerprint density at radius 1 is 0.750 bits per heavy atom. The lowest BCUT2D eigenvalue weighted by Crippen LogP contribution is -2.34. The molecule has 4 heteroatoms. The Morgan fingerprint density at radius 3 is 2.41 bits per heavy atom. The summed E-state index contributed by atoms with van der Waals surface area (Å²) in [6.07, 6.45) is 0. The Hall–Kier alpha value is -4.05. The molecule has 0 amide bonds. The van der Waals surface area contributed by atoms with Crippen LogP contribution in [0.3, 0.4) is 0 Å². The van der Waals surface area contributed by atoms with Crippen molar-refractivity contribution in [3.63, 3.8) is 0 Å². The van der Waals surface area contributed by atoms with E-state index in [-0.39, 0.29) is 5.97 Å². The number of aryl methyl sites for hydroxylation is 2. The molecule has 4 aromatic carbocycles. The highest BCUT2D eigenvalue weighted by molar-refractivity contribution is 5.97. The van der Waals surface area contributed by atoms with Gasteiger partial charge in [0.05, 0.1) is 11.1 Å². The number of benzene rings is 4. The Kier molecular flexibility index (Phi) is 3.93. The number of carbonyl (C=O) groups excluding carboxylic acids is 1. The highest BCUT2D eigenvalue weighted by atomic mass is 16.6. The first-order valence-electron chi connectivity index (χ1n) is 10.7. The van der Waals surface area contributed by atoms with Crippen LogP contribution in [0.5, 0.6) is 11.5 Å². The molecule has 0 bridgehead atoms. The Labute approximate surface area is 186 Å². The number of esters is 1. The average molecular weight is 419 g/mol. The van der Waals surface area contributed by atoms with E-state index in [1.54, 1.807) is 0 Å². The third kappa shape index (κ3) is 2.53. The molecule has 0 saturated heterocycles. The van der Waals surface area contributed by atoms with E-state index in [0.29, 0.717) is 17.1 Å². The van der Waals surface area contributed by atoms with Crippen molar-refractivity contribution in [2.24, 2.45) is 0 Å². The van der Waals surface area contributed by atoms with Gasteiger partial charge >= 0.3 is 5.97 Å². The fraction of sp³-hybridized carbons (Fsp3) is 0.107. The zero-order valence-electron chi connectivity index (χ0n) is 17.8. The maximum atomic E-state index is 13.0. The summed E-state index contributed by atoms with van der Waals surface area (Å²) in [5.74, 6) is 1.07. The van der Waals surface area contributed by atoms with Crippen molar-refractivity contribution >= 4 is 17.3 Å². The number of para-hydroxylation sites is 1. The van der Waals surface area contributed by atoms with Crippen molar-refractivity contribution in [3.05, 3.63) is 118 Å². The molecule has 2 heterocycles. The van der Waals surface area contributed by atoms with Gasteiger partial charge in [0, 0.05) is 22.5 Å². The molecule has 4 aromatic rings. The SMILES string of the molecule is Cc1ccccc1Nc1ccc2c(c1)C1(OC(=O)c3ccccc31)c1c(C)cccc1O2. The molecule has 0 saturated carbocycles. The molecule has 0 fully saturated rings. The van der Waals surface area contributed by atoms with Crippen LogP contribution in [-0.4, -0.2) is 5.97 Å². The quantitative estimate of drug-likeness (QED) is 0.371. The monoisotopic (exact) mass is 419 g/mol. The maximum Gasteiger partial charge on any atom is 0.340 e. The molecule has 156 valence electrons. The zero-order chi connectivity index (χ0) is 21.9. The molecule has 1 spiro atoms. The van der Waals surface area contributed by atoms with Crippen molar-refractivity contribution < 1.29 is 14.3 Å². The van der Waals surface area contributed by atoms with Gasteiger partial charge in [-0.15, -0.1) is 0 Å². The standard InChI is InChI=1S/C28H21NO3/c1-17-8-3-6-12-23(17)29-19-14-15-24-22(16-19)28(26-18(2)9-7-13-25(26)31-24)21-11-5-4-10-20(21)27(30)32-28/h3-16,29H,1-2H3. The van der Waals surface area contributed by atoms with Crippen LogP contribution in [0.15, 0.2) is 84.9 Å². The molecule has 2 aliphatic heterocycles. The summed E-state index contributed by atoms with van der Waals surface area (Å²) in [4.78, 5) is 13.0. The fourth-order valence-corrected chi connectivity index (χ4v) is 4.87. The third-order valence-corrected chi connectivity index (χ3v) is 6.36. The molecule has 1 atom stereocenters. The van der Waals surface area contributed by atoms with E-state index in [4.69, 9.17) is 9.47 Å². The average Bonchev–Trinajstić information content (AvgIpc) is 3.09. The molecule has 32 heavy (non-hydrogen) atoms. The highest BCUT2D eigenvalue weighted by Gasteiger charge is 2.54. The van der Waals surface area contributed by atoms with Gasteiger partial charge in [-0.05, 0) is 61.4 Å².